The largest absolute Gasteiger partial charge is 0.492 e. The number of amides is 1. The lowest BCUT2D eigenvalue weighted by molar-refractivity contribution is 0.0973. The first-order valence-corrected chi connectivity index (χ1v) is 8.44. The van der Waals surface area contributed by atoms with Crippen molar-refractivity contribution in [1.29, 1.82) is 0 Å². The molecule has 2 aromatic carbocycles. The molecule has 7 heteroatoms. The van der Waals surface area contributed by atoms with Gasteiger partial charge in [-0.1, -0.05) is 37.6 Å². The van der Waals surface area contributed by atoms with Gasteiger partial charge >= 0.3 is 0 Å². The number of carbonyl (C=O) groups is 1. The molecule has 0 spiro atoms. The van der Waals surface area contributed by atoms with Crippen molar-refractivity contribution >= 4 is 40.5 Å². The third-order valence-corrected chi connectivity index (χ3v) is 3.60. The van der Waals surface area contributed by atoms with Gasteiger partial charge in [-0.25, -0.2) is 4.39 Å². The molecular weight excluding hydrogens is 363 g/mol. The number of rotatable bonds is 5. The number of nitrogens with one attached hydrogen (secondary N) is 2. The Balaban J connectivity index is 2.03. The van der Waals surface area contributed by atoms with Gasteiger partial charge in [-0.15, -0.1) is 0 Å². The number of ether oxygens (including phenoxy) is 1. The molecule has 0 aliphatic heterocycles. The molecule has 2 rings (SSSR count). The molecule has 0 atom stereocenters. The number of hydrogen-bond donors (Lipinski definition) is 2. The maximum Gasteiger partial charge on any atom is 0.261 e. The highest BCUT2D eigenvalue weighted by Crippen LogP contribution is 2.20. The second-order valence-electron chi connectivity index (χ2n) is 5.74. The van der Waals surface area contributed by atoms with E-state index in [9.17, 15) is 9.18 Å². The first-order valence-electron chi connectivity index (χ1n) is 7.66. The van der Waals surface area contributed by atoms with Crippen LogP contribution in [0.1, 0.15) is 24.2 Å². The minimum Gasteiger partial charge on any atom is -0.492 e. The lowest BCUT2D eigenvalue weighted by atomic mass is 10.2. The third-order valence-electron chi connectivity index (χ3n) is 3.11. The summed E-state index contributed by atoms with van der Waals surface area (Å²) in [5.74, 6) is -0.105. The van der Waals surface area contributed by atoms with Gasteiger partial charge in [0.25, 0.3) is 5.91 Å². The fourth-order valence-electron chi connectivity index (χ4n) is 1.94. The van der Waals surface area contributed by atoms with Gasteiger partial charge in [0.15, 0.2) is 5.11 Å². The van der Waals surface area contributed by atoms with E-state index in [0.717, 1.165) is 0 Å². The standard InChI is InChI=1S/C18H18ClFN2O2S/c1-11(2)10-24-16-6-4-3-5-13(16)17(23)22-18(25)21-12-7-8-15(20)14(19)9-12/h3-9,11H,10H2,1-2H3,(H2,21,22,23,25). The zero-order valence-electron chi connectivity index (χ0n) is 13.8. The predicted octanol–water partition coefficient (Wildman–Crippen LogP) is 4.64. The highest BCUT2D eigenvalue weighted by molar-refractivity contribution is 7.80. The van der Waals surface area contributed by atoms with Gasteiger partial charge in [0.1, 0.15) is 11.6 Å². The number of para-hydroxylation sites is 1. The van der Waals surface area contributed by atoms with Crippen LogP contribution in [0, 0.1) is 11.7 Å². The predicted molar refractivity (Wildman–Crippen MR) is 102 cm³/mol. The Kier molecular flexibility index (Phi) is 6.73. The van der Waals surface area contributed by atoms with E-state index in [2.05, 4.69) is 10.6 Å². The van der Waals surface area contributed by atoms with Crippen LogP contribution in [0.4, 0.5) is 10.1 Å². The summed E-state index contributed by atoms with van der Waals surface area (Å²) in [5.41, 5.74) is 0.852. The fraction of sp³-hybridized carbons (Fsp3) is 0.222. The Hall–Kier alpha value is -2.18. The van der Waals surface area contributed by atoms with Crippen LogP contribution < -0.4 is 15.4 Å². The molecule has 0 saturated heterocycles. The SMILES string of the molecule is CC(C)COc1ccccc1C(=O)NC(=S)Nc1ccc(F)c(Cl)c1. The fourth-order valence-corrected chi connectivity index (χ4v) is 2.33. The van der Waals surface area contributed by atoms with E-state index >= 15 is 0 Å². The van der Waals surface area contributed by atoms with Gasteiger partial charge in [-0.3, -0.25) is 10.1 Å². The van der Waals surface area contributed by atoms with Crippen LogP contribution >= 0.6 is 23.8 Å². The molecule has 1 amide bonds. The van der Waals surface area contributed by atoms with Crippen molar-refractivity contribution in [3.63, 3.8) is 0 Å². The molecular formula is C18H18ClFN2O2S. The van der Waals surface area contributed by atoms with Crippen molar-refractivity contribution in [2.24, 2.45) is 5.92 Å². The van der Waals surface area contributed by atoms with E-state index in [-0.39, 0.29) is 10.1 Å². The molecule has 132 valence electrons. The Morgan fingerprint density at radius 3 is 2.68 bits per heavy atom. The minimum atomic E-state index is -0.529. The Morgan fingerprint density at radius 2 is 2.00 bits per heavy atom. The molecule has 0 radical (unpaired) electrons. The second-order valence-corrected chi connectivity index (χ2v) is 6.55. The molecule has 0 fully saturated rings. The third kappa shape index (κ3) is 5.69. The maximum atomic E-state index is 13.2. The van der Waals surface area contributed by atoms with Crippen LogP contribution in [-0.2, 0) is 0 Å². The van der Waals surface area contributed by atoms with E-state index in [1.807, 2.05) is 13.8 Å². The number of anilines is 1. The van der Waals surface area contributed by atoms with E-state index in [0.29, 0.717) is 29.5 Å². The smallest absolute Gasteiger partial charge is 0.261 e. The molecule has 0 aromatic heterocycles. The van der Waals surface area contributed by atoms with Crippen LogP contribution in [-0.4, -0.2) is 17.6 Å². The molecule has 0 heterocycles. The van der Waals surface area contributed by atoms with Crippen molar-refractivity contribution in [1.82, 2.24) is 5.32 Å². The quantitative estimate of drug-likeness (QED) is 0.742. The van der Waals surface area contributed by atoms with Gasteiger partial charge in [0.05, 0.1) is 17.2 Å². The number of halogens is 2. The van der Waals surface area contributed by atoms with Gasteiger partial charge in [-0.05, 0) is 48.5 Å². The molecule has 4 nitrogen and oxygen atoms in total. The van der Waals surface area contributed by atoms with Crippen molar-refractivity contribution in [3.8, 4) is 5.75 Å². The summed E-state index contributed by atoms with van der Waals surface area (Å²) >= 11 is 10.8. The molecule has 2 N–H and O–H groups in total. The summed E-state index contributed by atoms with van der Waals surface area (Å²) in [6.45, 7) is 4.55. The summed E-state index contributed by atoms with van der Waals surface area (Å²) in [4.78, 5) is 12.4. The van der Waals surface area contributed by atoms with Crippen LogP contribution in [0.25, 0.3) is 0 Å². The zero-order valence-corrected chi connectivity index (χ0v) is 15.4. The Bertz CT molecular complexity index is 783. The molecule has 25 heavy (non-hydrogen) atoms. The van der Waals surface area contributed by atoms with E-state index in [1.165, 1.54) is 18.2 Å². The molecule has 2 aromatic rings. The Labute approximate surface area is 156 Å². The number of carbonyl (C=O) groups excluding carboxylic acids is 1. The van der Waals surface area contributed by atoms with E-state index < -0.39 is 11.7 Å². The summed E-state index contributed by atoms with van der Waals surface area (Å²) in [6, 6.07) is 11.0. The first-order chi connectivity index (χ1) is 11.9. The van der Waals surface area contributed by atoms with Gasteiger partial charge in [0, 0.05) is 5.69 Å². The summed E-state index contributed by atoms with van der Waals surface area (Å²) in [5, 5.41) is 5.40. The molecule has 0 aliphatic rings. The topological polar surface area (TPSA) is 50.4 Å². The molecule has 0 aliphatic carbocycles. The van der Waals surface area contributed by atoms with Gasteiger partial charge in [0.2, 0.25) is 0 Å². The monoisotopic (exact) mass is 380 g/mol. The van der Waals surface area contributed by atoms with Gasteiger partial charge in [-0.2, -0.15) is 0 Å². The van der Waals surface area contributed by atoms with Crippen molar-refractivity contribution in [3.05, 3.63) is 58.9 Å². The lowest BCUT2D eigenvalue weighted by Gasteiger charge is -2.14. The minimum absolute atomic E-state index is 0.0356. The number of benzene rings is 2. The van der Waals surface area contributed by atoms with Crippen molar-refractivity contribution in [2.75, 3.05) is 11.9 Å². The van der Waals surface area contributed by atoms with Gasteiger partial charge < -0.3 is 10.1 Å². The van der Waals surface area contributed by atoms with Crippen LogP contribution in [0.3, 0.4) is 0 Å². The highest BCUT2D eigenvalue weighted by Gasteiger charge is 2.14. The number of thiocarbonyl (C=S) groups is 1. The average Bonchev–Trinajstić information content (AvgIpc) is 2.56. The molecule has 0 unspecified atom stereocenters. The molecule has 0 bridgehead atoms. The average molecular weight is 381 g/mol. The summed E-state index contributed by atoms with van der Waals surface area (Å²) in [7, 11) is 0. The van der Waals surface area contributed by atoms with E-state index in [4.69, 9.17) is 28.6 Å². The van der Waals surface area contributed by atoms with Crippen molar-refractivity contribution in [2.45, 2.75) is 13.8 Å². The van der Waals surface area contributed by atoms with Crippen molar-refractivity contribution < 1.29 is 13.9 Å². The molecule has 0 saturated carbocycles. The van der Waals surface area contributed by atoms with Crippen LogP contribution in [0.5, 0.6) is 5.75 Å². The van der Waals surface area contributed by atoms with Crippen LogP contribution in [0.15, 0.2) is 42.5 Å². The first kappa shape index (κ1) is 19.1. The highest BCUT2D eigenvalue weighted by atomic mass is 35.5. The summed E-state index contributed by atoms with van der Waals surface area (Å²) < 4.78 is 18.8. The zero-order chi connectivity index (χ0) is 18.4. The lowest BCUT2D eigenvalue weighted by Crippen LogP contribution is -2.34. The Morgan fingerprint density at radius 1 is 1.28 bits per heavy atom. The summed E-state index contributed by atoms with van der Waals surface area (Å²) in [6.07, 6.45) is 0. The van der Waals surface area contributed by atoms with Crippen LogP contribution in [0.2, 0.25) is 5.02 Å². The maximum absolute atomic E-state index is 13.2. The second kappa shape index (κ2) is 8.78. The van der Waals surface area contributed by atoms with E-state index in [1.54, 1.807) is 24.3 Å². The number of hydrogen-bond acceptors (Lipinski definition) is 3. The normalized spacial score (nSPS) is 10.4.